The standard InChI is InChI=1S/C6H11NO.CH5N/c1-4-6(8)5(2)7-3;1-2/h4H2,1-3H3;2H2,1H3. The van der Waals surface area contributed by atoms with Gasteiger partial charge in [-0.3, -0.25) is 9.79 Å². The van der Waals surface area contributed by atoms with Crippen molar-refractivity contribution in [2.24, 2.45) is 10.7 Å². The highest BCUT2D eigenvalue weighted by atomic mass is 16.1. The Morgan fingerprint density at radius 3 is 2.00 bits per heavy atom. The zero-order valence-corrected chi connectivity index (χ0v) is 7.14. The minimum absolute atomic E-state index is 0.132. The van der Waals surface area contributed by atoms with Crippen LogP contribution in [0.2, 0.25) is 0 Å². The van der Waals surface area contributed by atoms with Crippen LogP contribution in [0.25, 0.3) is 0 Å². The first-order valence-corrected chi connectivity index (χ1v) is 3.26. The topological polar surface area (TPSA) is 55.5 Å². The summed E-state index contributed by atoms with van der Waals surface area (Å²) < 4.78 is 0. The van der Waals surface area contributed by atoms with Crippen molar-refractivity contribution in [3.63, 3.8) is 0 Å². The smallest absolute Gasteiger partial charge is 0.175 e. The quantitative estimate of drug-likeness (QED) is 0.578. The Morgan fingerprint density at radius 1 is 1.50 bits per heavy atom. The first kappa shape index (κ1) is 12.0. The van der Waals surface area contributed by atoms with Gasteiger partial charge in [0.1, 0.15) is 0 Å². The molecule has 0 bridgehead atoms. The van der Waals surface area contributed by atoms with Crippen molar-refractivity contribution in [1.82, 2.24) is 0 Å². The van der Waals surface area contributed by atoms with Gasteiger partial charge in [0.05, 0.1) is 5.71 Å². The van der Waals surface area contributed by atoms with Crippen LogP contribution < -0.4 is 5.73 Å². The van der Waals surface area contributed by atoms with E-state index in [0.717, 1.165) is 0 Å². The Bertz CT molecular complexity index is 119. The van der Waals surface area contributed by atoms with Gasteiger partial charge in [0, 0.05) is 13.5 Å². The number of ketones is 1. The zero-order valence-electron chi connectivity index (χ0n) is 7.14. The second-order valence-electron chi connectivity index (χ2n) is 1.59. The average molecular weight is 144 g/mol. The molecular formula is C7H16N2O. The van der Waals surface area contributed by atoms with Crippen LogP contribution in [-0.2, 0) is 4.79 Å². The SMILES string of the molecule is CCC(=O)C(C)=NC.CN. The summed E-state index contributed by atoms with van der Waals surface area (Å²) in [6.07, 6.45) is 0.559. The monoisotopic (exact) mass is 144 g/mol. The van der Waals surface area contributed by atoms with Crippen LogP contribution in [0.1, 0.15) is 20.3 Å². The van der Waals surface area contributed by atoms with Crippen LogP contribution in [0.15, 0.2) is 4.99 Å². The molecule has 0 unspecified atom stereocenters. The maximum atomic E-state index is 10.6. The first-order chi connectivity index (χ1) is 4.72. The van der Waals surface area contributed by atoms with Gasteiger partial charge in [-0.2, -0.15) is 0 Å². The number of carbonyl (C=O) groups is 1. The highest BCUT2D eigenvalue weighted by molar-refractivity contribution is 6.38. The van der Waals surface area contributed by atoms with E-state index in [4.69, 9.17) is 0 Å². The van der Waals surface area contributed by atoms with E-state index in [9.17, 15) is 4.79 Å². The van der Waals surface area contributed by atoms with Gasteiger partial charge in [0.2, 0.25) is 0 Å². The molecule has 0 aromatic heterocycles. The second kappa shape index (κ2) is 8.30. The molecule has 0 aromatic carbocycles. The molecule has 0 saturated carbocycles. The van der Waals surface area contributed by atoms with Crippen molar-refractivity contribution < 1.29 is 4.79 Å². The summed E-state index contributed by atoms with van der Waals surface area (Å²) in [5, 5.41) is 0. The Labute approximate surface area is 62.3 Å². The summed E-state index contributed by atoms with van der Waals surface area (Å²) in [6.45, 7) is 3.56. The lowest BCUT2D eigenvalue weighted by atomic mass is 10.2. The fraction of sp³-hybridized carbons (Fsp3) is 0.714. The molecule has 0 fully saturated rings. The molecular weight excluding hydrogens is 128 g/mol. The van der Waals surface area contributed by atoms with Crippen molar-refractivity contribution in [3.05, 3.63) is 0 Å². The highest BCUT2D eigenvalue weighted by Crippen LogP contribution is 1.83. The lowest BCUT2D eigenvalue weighted by Gasteiger charge is -1.89. The van der Waals surface area contributed by atoms with E-state index in [0.29, 0.717) is 12.1 Å². The molecule has 0 aliphatic carbocycles. The molecule has 0 rings (SSSR count). The third-order valence-electron chi connectivity index (χ3n) is 1.06. The fourth-order valence-electron chi connectivity index (χ4n) is 0.381. The van der Waals surface area contributed by atoms with Gasteiger partial charge in [-0.25, -0.2) is 0 Å². The Kier molecular flexibility index (Phi) is 9.98. The van der Waals surface area contributed by atoms with E-state index >= 15 is 0 Å². The number of Topliss-reactive ketones (excluding diaryl/α,β-unsaturated/α-hetero) is 1. The van der Waals surface area contributed by atoms with Crippen LogP contribution in [0, 0.1) is 0 Å². The van der Waals surface area contributed by atoms with Crippen LogP contribution in [0.4, 0.5) is 0 Å². The number of hydrogen-bond acceptors (Lipinski definition) is 3. The van der Waals surface area contributed by atoms with Crippen molar-refractivity contribution >= 4 is 11.5 Å². The van der Waals surface area contributed by atoms with Crippen LogP contribution in [-0.4, -0.2) is 25.6 Å². The summed E-state index contributed by atoms with van der Waals surface area (Å²) in [4.78, 5) is 14.3. The van der Waals surface area contributed by atoms with Crippen molar-refractivity contribution in [3.8, 4) is 0 Å². The molecule has 60 valence electrons. The maximum Gasteiger partial charge on any atom is 0.175 e. The summed E-state index contributed by atoms with van der Waals surface area (Å²) in [5.74, 6) is 0.132. The lowest BCUT2D eigenvalue weighted by molar-refractivity contribution is -0.112. The normalized spacial score (nSPS) is 9.90. The molecule has 0 aliphatic heterocycles. The van der Waals surface area contributed by atoms with Gasteiger partial charge < -0.3 is 5.73 Å². The van der Waals surface area contributed by atoms with Gasteiger partial charge in [-0.15, -0.1) is 0 Å². The van der Waals surface area contributed by atoms with Gasteiger partial charge in [0.15, 0.2) is 5.78 Å². The van der Waals surface area contributed by atoms with E-state index in [1.165, 1.54) is 7.05 Å². The zero-order chi connectivity index (χ0) is 8.57. The van der Waals surface area contributed by atoms with Crippen molar-refractivity contribution in [2.45, 2.75) is 20.3 Å². The van der Waals surface area contributed by atoms with E-state index in [1.807, 2.05) is 6.92 Å². The van der Waals surface area contributed by atoms with Gasteiger partial charge in [-0.1, -0.05) is 6.92 Å². The number of aliphatic imine (C=N–C) groups is 1. The number of hydrogen-bond donors (Lipinski definition) is 1. The summed E-state index contributed by atoms with van der Waals surface area (Å²) in [6, 6.07) is 0. The minimum Gasteiger partial charge on any atom is -0.333 e. The third-order valence-corrected chi connectivity index (χ3v) is 1.06. The predicted molar refractivity (Wildman–Crippen MR) is 44.4 cm³/mol. The van der Waals surface area contributed by atoms with Crippen LogP contribution >= 0.6 is 0 Å². The van der Waals surface area contributed by atoms with Crippen LogP contribution in [0.3, 0.4) is 0 Å². The van der Waals surface area contributed by atoms with E-state index in [1.54, 1.807) is 14.0 Å². The Hall–Kier alpha value is -0.700. The molecule has 2 N–H and O–H groups in total. The van der Waals surface area contributed by atoms with E-state index in [2.05, 4.69) is 10.7 Å². The summed E-state index contributed by atoms with van der Waals surface area (Å²) >= 11 is 0. The molecule has 3 heteroatoms. The molecule has 0 radical (unpaired) electrons. The van der Waals surface area contributed by atoms with Crippen molar-refractivity contribution in [1.29, 1.82) is 0 Å². The van der Waals surface area contributed by atoms with E-state index < -0.39 is 0 Å². The molecule has 0 aromatic rings. The average Bonchev–Trinajstić information content (AvgIpc) is 2.05. The van der Waals surface area contributed by atoms with E-state index in [-0.39, 0.29) is 5.78 Å². The number of carbonyl (C=O) groups excluding carboxylic acids is 1. The summed E-state index contributed by atoms with van der Waals surface area (Å²) in [5.41, 5.74) is 5.12. The lowest BCUT2D eigenvalue weighted by Crippen LogP contribution is -2.07. The third kappa shape index (κ3) is 5.44. The van der Waals surface area contributed by atoms with Gasteiger partial charge in [-0.05, 0) is 14.0 Å². The van der Waals surface area contributed by atoms with Crippen molar-refractivity contribution in [2.75, 3.05) is 14.1 Å². The Morgan fingerprint density at radius 2 is 1.90 bits per heavy atom. The predicted octanol–water partition coefficient (Wildman–Crippen LogP) is 0.631. The van der Waals surface area contributed by atoms with Crippen LogP contribution in [0.5, 0.6) is 0 Å². The second-order valence-corrected chi connectivity index (χ2v) is 1.59. The molecule has 0 saturated heterocycles. The first-order valence-electron chi connectivity index (χ1n) is 3.26. The molecule has 0 amide bonds. The minimum atomic E-state index is 0.132. The molecule has 10 heavy (non-hydrogen) atoms. The fourth-order valence-corrected chi connectivity index (χ4v) is 0.381. The number of rotatable bonds is 2. The number of nitrogens with two attached hydrogens (primary N) is 1. The number of nitrogens with zero attached hydrogens (tertiary/aromatic N) is 1. The highest BCUT2D eigenvalue weighted by Gasteiger charge is 1.98. The largest absolute Gasteiger partial charge is 0.333 e. The van der Waals surface area contributed by atoms with Gasteiger partial charge in [0.25, 0.3) is 0 Å². The molecule has 3 nitrogen and oxygen atoms in total. The molecule has 0 heterocycles. The molecule has 0 atom stereocenters. The maximum absolute atomic E-state index is 10.6. The Balaban J connectivity index is 0. The molecule has 0 spiro atoms. The van der Waals surface area contributed by atoms with Gasteiger partial charge >= 0.3 is 0 Å². The summed E-state index contributed by atoms with van der Waals surface area (Å²) in [7, 11) is 3.13. The molecule has 0 aliphatic rings.